The maximum atomic E-state index is 6.22. The van der Waals surface area contributed by atoms with Crippen LogP contribution >= 0.6 is 0 Å². The molecule has 0 bridgehead atoms. The van der Waals surface area contributed by atoms with Crippen LogP contribution in [-0.4, -0.2) is 15.2 Å². The van der Waals surface area contributed by atoms with Crippen molar-refractivity contribution in [2.45, 2.75) is 13.0 Å². The van der Waals surface area contributed by atoms with Crippen molar-refractivity contribution in [3.05, 3.63) is 71.5 Å². The Morgan fingerprint density at radius 1 is 1.00 bits per heavy atom. The van der Waals surface area contributed by atoms with Crippen molar-refractivity contribution >= 4 is 0 Å². The normalized spacial score (nSPS) is 12.3. The lowest BCUT2D eigenvalue weighted by atomic mass is 10.1. The van der Waals surface area contributed by atoms with Crippen LogP contribution in [0.4, 0.5) is 0 Å². The van der Waals surface area contributed by atoms with E-state index in [0.29, 0.717) is 11.6 Å². The molecule has 0 radical (unpaired) electrons. The van der Waals surface area contributed by atoms with Crippen LogP contribution in [0.3, 0.4) is 0 Å². The van der Waals surface area contributed by atoms with Gasteiger partial charge in [0.05, 0.1) is 6.04 Å². The van der Waals surface area contributed by atoms with Crippen LogP contribution in [0.2, 0.25) is 0 Å². The van der Waals surface area contributed by atoms with Gasteiger partial charge in [-0.05, 0) is 12.5 Å². The quantitative estimate of drug-likeness (QED) is 0.764. The lowest BCUT2D eigenvalue weighted by Crippen LogP contribution is -2.13. The molecule has 4 heteroatoms. The summed E-state index contributed by atoms with van der Waals surface area (Å²) in [6.07, 6.45) is 0. The number of rotatable bonds is 3. The maximum Gasteiger partial charge on any atom is 0.181 e. The van der Waals surface area contributed by atoms with Gasteiger partial charge in [0.25, 0.3) is 0 Å². The summed E-state index contributed by atoms with van der Waals surface area (Å²) in [5.41, 5.74) is 9.43. The van der Waals surface area contributed by atoms with E-state index in [-0.39, 0.29) is 6.04 Å². The van der Waals surface area contributed by atoms with Gasteiger partial charge in [-0.3, -0.25) is 5.10 Å². The van der Waals surface area contributed by atoms with Crippen molar-refractivity contribution in [2.24, 2.45) is 5.73 Å². The van der Waals surface area contributed by atoms with Gasteiger partial charge in [0.1, 0.15) is 5.82 Å². The Bertz CT molecular complexity index is 686. The molecule has 3 N–H and O–H groups in total. The van der Waals surface area contributed by atoms with Crippen molar-refractivity contribution in [3.8, 4) is 11.4 Å². The SMILES string of the molecule is Cc1ccc([C@@H](N)c2nc(-c3ccccc3)n[nH]2)cc1. The van der Waals surface area contributed by atoms with Crippen molar-refractivity contribution in [3.63, 3.8) is 0 Å². The Labute approximate surface area is 117 Å². The van der Waals surface area contributed by atoms with Crippen LogP contribution in [0.25, 0.3) is 11.4 Å². The van der Waals surface area contributed by atoms with Crippen LogP contribution in [0.1, 0.15) is 23.0 Å². The summed E-state index contributed by atoms with van der Waals surface area (Å²) in [6, 6.07) is 17.7. The Balaban J connectivity index is 1.88. The zero-order valence-electron chi connectivity index (χ0n) is 11.2. The lowest BCUT2D eigenvalue weighted by molar-refractivity contribution is 0.787. The van der Waals surface area contributed by atoms with Crippen LogP contribution < -0.4 is 5.73 Å². The Morgan fingerprint density at radius 3 is 2.40 bits per heavy atom. The molecule has 0 amide bonds. The molecule has 20 heavy (non-hydrogen) atoms. The minimum atomic E-state index is -0.291. The lowest BCUT2D eigenvalue weighted by Gasteiger charge is -2.08. The van der Waals surface area contributed by atoms with Crippen LogP contribution in [0.5, 0.6) is 0 Å². The number of hydrogen-bond donors (Lipinski definition) is 2. The molecular formula is C16H16N4. The second-order valence-electron chi connectivity index (χ2n) is 4.80. The van der Waals surface area contributed by atoms with E-state index in [0.717, 1.165) is 11.1 Å². The zero-order valence-corrected chi connectivity index (χ0v) is 11.2. The summed E-state index contributed by atoms with van der Waals surface area (Å²) < 4.78 is 0. The van der Waals surface area contributed by atoms with Crippen molar-refractivity contribution < 1.29 is 0 Å². The van der Waals surface area contributed by atoms with Gasteiger partial charge < -0.3 is 5.73 Å². The number of H-pyrrole nitrogens is 1. The Kier molecular flexibility index (Phi) is 3.31. The molecule has 3 aromatic rings. The number of nitrogens with one attached hydrogen (secondary N) is 1. The minimum Gasteiger partial charge on any atom is -0.318 e. The largest absolute Gasteiger partial charge is 0.318 e. The van der Waals surface area contributed by atoms with E-state index in [2.05, 4.69) is 22.1 Å². The van der Waals surface area contributed by atoms with Gasteiger partial charge in [-0.2, -0.15) is 5.10 Å². The Hall–Kier alpha value is -2.46. The molecule has 0 aliphatic heterocycles. The van der Waals surface area contributed by atoms with Crippen molar-refractivity contribution in [1.82, 2.24) is 15.2 Å². The number of hydrogen-bond acceptors (Lipinski definition) is 3. The summed E-state index contributed by atoms with van der Waals surface area (Å²) in [6.45, 7) is 2.05. The average Bonchev–Trinajstić information content (AvgIpc) is 2.98. The van der Waals surface area contributed by atoms with Crippen LogP contribution in [-0.2, 0) is 0 Å². The highest BCUT2D eigenvalue weighted by Crippen LogP contribution is 2.20. The molecule has 100 valence electrons. The van der Waals surface area contributed by atoms with Gasteiger partial charge in [0.15, 0.2) is 5.82 Å². The number of aromatic nitrogens is 3. The van der Waals surface area contributed by atoms with E-state index in [1.807, 2.05) is 54.6 Å². The van der Waals surface area contributed by atoms with Gasteiger partial charge in [0, 0.05) is 5.56 Å². The molecule has 0 spiro atoms. The fourth-order valence-electron chi connectivity index (χ4n) is 2.06. The molecule has 2 aromatic carbocycles. The first-order chi connectivity index (χ1) is 9.74. The van der Waals surface area contributed by atoms with Gasteiger partial charge in [-0.25, -0.2) is 4.98 Å². The molecule has 3 rings (SSSR count). The topological polar surface area (TPSA) is 67.6 Å². The number of nitrogens with zero attached hydrogens (tertiary/aromatic N) is 2. The molecule has 4 nitrogen and oxygen atoms in total. The standard InChI is InChI=1S/C16H16N4/c1-11-7-9-12(10-8-11)14(17)16-18-15(19-20-16)13-5-3-2-4-6-13/h2-10,14H,17H2,1H3,(H,18,19,20)/t14-/m1/s1. The van der Waals surface area contributed by atoms with Crippen LogP contribution in [0.15, 0.2) is 54.6 Å². The molecular weight excluding hydrogens is 248 g/mol. The predicted molar refractivity (Wildman–Crippen MR) is 79.0 cm³/mol. The van der Waals surface area contributed by atoms with Gasteiger partial charge in [-0.1, -0.05) is 60.2 Å². The smallest absolute Gasteiger partial charge is 0.181 e. The third kappa shape index (κ3) is 2.46. The van der Waals surface area contributed by atoms with E-state index in [1.165, 1.54) is 5.56 Å². The molecule has 1 heterocycles. The number of aromatic amines is 1. The monoisotopic (exact) mass is 264 g/mol. The summed E-state index contributed by atoms with van der Waals surface area (Å²) in [4.78, 5) is 4.49. The fraction of sp³-hybridized carbons (Fsp3) is 0.125. The average molecular weight is 264 g/mol. The fourth-order valence-corrected chi connectivity index (χ4v) is 2.06. The summed E-state index contributed by atoms with van der Waals surface area (Å²) in [7, 11) is 0. The van der Waals surface area contributed by atoms with Gasteiger partial charge >= 0.3 is 0 Å². The molecule has 0 saturated carbocycles. The van der Waals surface area contributed by atoms with E-state index >= 15 is 0 Å². The number of nitrogens with two attached hydrogens (primary N) is 1. The summed E-state index contributed by atoms with van der Waals surface area (Å²) in [5.74, 6) is 1.34. The Morgan fingerprint density at radius 2 is 1.70 bits per heavy atom. The van der Waals surface area contributed by atoms with Crippen molar-refractivity contribution in [2.75, 3.05) is 0 Å². The molecule has 1 atom stereocenters. The second-order valence-corrected chi connectivity index (χ2v) is 4.80. The highest BCUT2D eigenvalue weighted by atomic mass is 15.2. The predicted octanol–water partition coefficient (Wildman–Crippen LogP) is 2.83. The first-order valence-electron chi connectivity index (χ1n) is 6.54. The van der Waals surface area contributed by atoms with E-state index in [1.54, 1.807) is 0 Å². The van der Waals surface area contributed by atoms with E-state index in [9.17, 15) is 0 Å². The first kappa shape index (κ1) is 12.6. The third-order valence-electron chi connectivity index (χ3n) is 3.27. The van der Waals surface area contributed by atoms with Gasteiger partial charge in [0.2, 0.25) is 0 Å². The second kappa shape index (κ2) is 5.27. The van der Waals surface area contributed by atoms with Crippen molar-refractivity contribution in [1.29, 1.82) is 0 Å². The summed E-state index contributed by atoms with van der Waals surface area (Å²) in [5, 5.41) is 7.17. The first-order valence-corrected chi connectivity index (χ1v) is 6.54. The minimum absolute atomic E-state index is 0.291. The highest BCUT2D eigenvalue weighted by Gasteiger charge is 2.14. The molecule has 0 unspecified atom stereocenters. The molecule has 0 saturated heterocycles. The third-order valence-corrected chi connectivity index (χ3v) is 3.27. The van der Waals surface area contributed by atoms with Crippen LogP contribution in [0, 0.1) is 6.92 Å². The summed E-state index contributed by atoms with van der Waals surface area (Å²) >= 11 is 0. The molecule has 0 fully saturated rings. The van der Waals surface area contributed by atoms with Gasteiger partial charge in [-0.15, -0.1) is 0 Å². The number of aryl methyl sites for hydroxylation is 1. The zero-order chi connectivity index (χ0) is 13.9. The highest BCUT2D eigenvalue weighted by molar-refractivity contribution is 5.54. The molecule has 1 aromatic heterocycles. The van der Waals surface area contributed by atoms with E-state index < -0.39 is 0 Å². The maximum absolute atomic E-state index is 6.22. The van der Waals surface area contributed by atoms with E-state index in [4.69, 9.17) is 5.73 Å². The molecule has 0 aliphatic rings. The number of benzene rings is 2. The molecule has 0 aliphatic carbocycles.